The molecule has 8 heteroatoms. The Morgan fingerprint density at radius 1 is 1.06 bits per heavy atom. The molecular weight excluding hydrogens is 395 g/mol. The molecule has 4 rings (SSSR count). The van der Waals surface area contributed by atoms with Crippen LogP contribution in [0.1, 0.15) is 38.6 Å². The van der Waals surface area contributed by atoms with E-state index < -0.39 is 0 Å². The second kappa shape index (κ2) is 8.51. The molecular formula is C23H23FN6O. The quantitative estimate of drug-likeness (QED) is 0.520. The van der Waals surface area contributed by atoms with E-state index in [1.807, 2.05) is 45.0 Å². The summed E-state index contributed by atoms with van der Waals surface area (Å²) in [5.41, 5.74) is 5.89. The molecule has 0 radical (unpaired) electrons. The SMILES string of the molecule is Cc1ccccc1Cn1cc(C(=O)NCc2c(C)nn(-c3ccc(F)cc3)c2C)nn1. The Labute approximate surface area is 179 Å². The van der Waals surface area contributed by atoms with Crippen LogP contribution in [0.25, 0.3) is 5.69 Å². The average Bonchev–Trinajstić information content (AvgIpc) is 3.33. The summed E-state index contributed by atoms with van der Waals surface area (Å²) in [4.78, 5) is 12.6. The van der Waals surface area contributed by atoms with Crippen molar-refractivity contribution in [3.05, 3.63) is 94.3 Å². The van der Waals surface area contributed by atoms with E-state index in [4.69, 9.17) is 0 Å². The summed E-state index contributed by atoms with van der Waals surface area (Å²) in [5.74, 6) is -0.599. The van der Waals surface area contributed by atoms with E-state index in [-0.39, 0.29) is 17.4 Å². The van der Waals surface area contributed by atoms with Crippen molar-refractivity contribution in [1.29, 1.82) is 0 Å². The summed E-state index contributed by atoms with van der Waals surface area (Å²) < 4.78 is 16.6. The number of aryl methyl sites for hydroxylation is 2. The number of aromatic nitrogens is 5. The van der Waals surface area contributed by atoms with Gasteiger partial charge in [0.05, 0.1) is 24.1 Å². The first kappa shape index (κ1) is 20.5. The van der Waals surface area contributed by atoms with E-state index in [1.54, 1.807) is 27.7 Å². The fourth-order valence-electron chi connectivity index (χ4n) is 3.47. The lowest BCUT2D eigenvalue weighted by Crippen LogP contribution is -2.23. The Hall–Kier alpha value is -3.81. The van der Waals surface area contributed by atoms with E-state index in [2.05, 4.69) is 20.7 Å². The number of carbonyl (C=O) groups is 1. The first-order valence-corrected chi connectivity index (χ1v) is 9.96. The predicted octanol–water partition coefficient (Wildman–Crippen LogP) is 3.51. The van der Waals surface area contributed by atoms with Gasteiger partial charge in [0.15, 0.2) is 5.69 Å². The summed E-state index contributed by atoms with van der Waals surface area (Å²) >= 11 is 0. The molecule has 4 aromatic rings. The number of benzene rings is 2. The van der Waals surface area contributed by atoms with Crippen LogP contribution in [-0.2, 0) is 13.1 Å². The summed E-state index contributed by atoms with van der Waals surface area (Å²) in [6, 6.07) is 14.2. The molecule has 158 valence electrons. The molecule has 0 spiro atoms. The van der Waals surface area contributed by atoms with Crippen LogP contribution in [0.4, 0.5) is 4.39 Å². The fraction of sp³-hybridized carbons (Fsp3) is 0.217. The molecule has 0 saturated heterocycles. The third-order valence-electron chi connectivity index (χ3n) is 5.30. The first-order valence-electron chi connectivity index (χ1n) is 9.96. The average molecular weight is 418 g/mol. The van der Waals surface area contributed by atoms with Gasteiger partial charge in [-0.3, -0.25) is 4.79 Å². The maximum atomic E-state index is 13.2. The fourth-order valence-corrected chi connectivity index (χ4v) is 3.47. The molecule has 2 aromatic carbocycles. The van der Waals surface area contributed by atoms with Crippen LogP contribution < -0.4 is 5.32 Å². The standard InChI is InChI=1S/C23H23FN6O/c1-15-6-4-5-7-18(15)13-29-14-22(26-28-29)23(31)25-12-21-16(2)27-30(17(21)3)20-10-8-19(24)9-11-20/h4-11,14H,12-13H2,1-3H3,(H,25,31). The molecule has 0 aliphatic carbocycles. The molecule has 0 saturated carbocycles. The van der Waals surface area contributed by atoms with E-state index in [0.29, 0.717) is 13.1 Å². The molecule has 1 amide bonds. The van der Waals surface area contributed by atoms with Crippen molar-refractivity contribution in [2.45, 2.75) is 33.9 Å². The number of carbonyl (C=O) groups excluding carboxylic acids is 1. The third-order valence-corrected chi connectivity index (χ3v) is 5.30. The van der Waals surface area contributed by atoms with Crippen LogP contribution in [0.15, 0.2) is 54.7 Å². The summed E-state index contributed by atoms with van der Waals surface area (Å²) in [6.45, 7) is 6.70. The molecule has 2 aromatic heterocycles. The second-order valence-corrected chi connectivity index (χ2v) is 7.45. The lowest BCUT2D eigenvalue weighted by atomic mass is 10.1. The molecule has 0 bridgehead atoms. The van der Waals surface area contributed by atoms with Crippen LogP contribution in [-0.4, -0.2) is 30.7 Å². The van der Waals surface area contributed by atoms with Gasteiger partial charge in [-0.15, -0.1) is 5.10 Å². The number of hydrogen-bond acceptors (Lipinski definition) is 4. The topological polar surface area (TPSA) is 77.6 Å². The Balaban J connectivity index is 1.44. The van der Waals surface area contributed by atoms with Crippen molar-refractivity contribution < 1.29 is 9.18 Å². The molecule has 31 heavy (non-hydrogen) atoms. The van der Waals surface area contributed by atoms with Gasteiger partial charge in [-0.1, -0.05) is 29.5 Å². The van der Waals surface area contributed by atoms with Crippen molar-refractivity contribution in [3.63, 3.8) is 0 Å². The third kappa shape index (κ3) is 4.37. The van der Waals surface area contributed by atoms with Gasteiger partial charge in [-0.05, 0) is 56.2 Å². The number of nitrogens with zero attached hydrogens (tertiary/aromatic N) is 5. The minimum Gasteiger partial charge on any atom is -0.346 e. The summed E-state index contributed by atoms with van der Waals surface area (Å²) in [7, 11) is 0. The monoisotopic (exact) mass is 418 g/mol. The molecule has 0 aliphatic heterocycles. The predicted molar refractivity (Wildman–Crippen MR) is 114 cm³/mol. The first-order chi connectivity index (χ1) is 14.9. The molecule has 0 unspecified atom stereocenters. The molecule has 7 nitrogen and oxygen atoms in total. The highest BCUT2D eigenvalue weighted by Gasteiger charge is 2.16. The normalized spacial score (nSPS) is 11.0. The highest BCUT2D eigenvalue weighted by molar-refractivity contribution is 5.91. The zero-order valence-corrected chi connectivity index (χ0v) is 17.6. The van der Waals surface area contributed by atoms with Crippen LogP contribution in [0.5, 0.6) is 0 Å². The van der Waals surface area contributed by atoms with Crippen LogP contribution in [0.2, 0.25) is 0 Å². The van der Waals surface area contributed by atoms with Crippen molar-refractivity contribution in [3.8, 4) is 5.69 Å². The van der Waals surface area contributed by atoms with Gasteiger partial charge in [-0.25, -0.2) is 13.8 Å². The molecule has 0 aliphatic rings. The van der Waals surface area contributed by atoms with Gasteiger partial charge in [0.25, 0.3) is 5.91 Å². The van der Waals surface area contributed by atoms with Crippen molar-refractivity contribution >= 4 is 5.91 Å². The van der Waals surface area contributed by atoms with Gasteiger partial charge in [0.2, 0.25) is 0 Å². The number of hydrogen-bond donors (Lipinski definition) is 1. The number of rotatable bonds is 6. The summed E-state index contributed by atoms with van der Waals surface area (Å²) in [6.07, 6.45) is 1.64. The lowest BCUT2D eigenvalue weighted by Gasteiger charge is -2.06. The second-order valence-electron chi connectivity index (χ2n) is 7.45. The van der Waals surface area contributed by atoms with E-state index in [9.17, 15) is 9.18 Å². The van der Waals surface area contributed by atoms with Gasteiger partial charge >= 0.3 is 0 Å². The number of halogens is 1. The van der Waals surface area contributed by atoms with Crippen molar-refractivity contribution in [2.75, 3.05) is 0 Å². The highest BCUT2D eigenvalue weighted by Crippen LogP contribution is 2.18. The molecule has 0 fully saturated rings. The molecule has 0 atom stereocenters. The maximum Gasteiger partial charge on any atom is 0.273 e. The summed E-state index contributed by atoms with van der Waals surface area (Å²) in [5, 5.41) is 15.5. The molecule has 2 heterocycles. The number of amides is 1. The van der Waals surface area contributed by atoms with E-state index in [1.165, 1.54) is 12.1 Å². The Kier molecular flexibility index (Phi) is 5.62. The maximum absolute atomic E-state index is 13.2. The van der Waals surface area contributed by atoms with Gasteiger partial charge in [0, 0.05) is 17.8 Å². The van der Waals surface area contributed by atoms with Crippen molar-refractivity contribution in [1.82, 2.24) is 30.1 Å². The van der Waals surface area contributed by atoms with Gasteiger partial charge in [0.1, 0.15) is 5.82 Å². The van der Waals surface area contributed by atoms with Crippen LogP contribution >= 0.6 is 0 Å². The Bertz CT molecular complexity index is 1230. The van der Waals surface area contributed by atoms with Gasteiger partial charge in [-0.2, -0.15) is 5.10 Å². The van der Waals surface area contributed by atoms with E-state index >= 15 is 0 Å². The van der Waals surface area contributed by atoms with Crippen LogP contribution in [0, 0.1) is 26.6 Å². The molecule has 1 N–H and O–H groups in total. The van der Waals surface area contributed by atoms with Crippen LogP contribution in [0.3, 0.4) is 0 Å². The highest BCUT2D eigenvalue weighted by atomic mass is 19.1. The largest absolute Gasteiger partial charge is 0.346 e. The Morgan fingerprint density at radius 2 is 1.81 bits per heavy atom. The van der Waals surface area contributed by atoms with Gasteiger partial charge < -0.3 is 5.32 Å². The van der Waals surface area contributed by atoms with E-state index in [0.717, 1.165) is 33.8 Å². The van der Waals surface area contributed by atoms with Crippen molar-refractivity contribution in [2.24, 2.45) is 0 Å². The Morgan fingerprint density at radius 3 is 2.55 bits per heavy atom. The zero-order chi connectivity index (χ0) is 22.0. The minimum atomic E-state index is -0.302. The minimum absolute atomic E-state index is 0.259. The zero-order valence-electron chi connectivity index (χ0n) is 17.6. The number of nitrogens with one attached hydrogen (secondary N) is 1. The lowest BCUT2D eigenvalue weighted by molar-refractivity contribution is 0.0945. The smallest absolute Gasteiger partial charge is 0.273 e.